The van der Waals surface area contributed by atoms with Crippen molar-refractivity contribution < 1.29 is 18.0 Å². The number of carbonyl (C=O) groups is 2. The average Bonchev–Trinajstić information content (AvgIpc) is 3.07. The monoisotopic (exact) mass is 711 g/mol. The molecule has 0 bridgehead atoms. The van der Waals surface area contributed by atoms with E-state index in [1.807, 2.05) is 30.3 Å². The number of hydrogen-bond donors (Lipinski definition) is 1. The first-order valence-electron chi connectivity index (χ1n) is 15.5. The van der Waals surface area contributed by atoms with Gasteiger partial charge < -0.3 is 10.2 Å². The molecule has 4 aromatic rings. The van der Waals surface area contributed by atoms with Crippen molar-refractivity contribution >= 4 is 62.3 Å². The Morgan fingerprint density at radius 1 is 0.766 bits per heavy atom. The van der Waals surface area contributed by atoms with Gasteiger partial charge in [0, 0.05) is 29.1 Å². The van der Waals surface area contributed by atoms with Crippen molar-refractivity contribution in [1.82, 2.24) is 10.2 Å². The van der Waals surface area contributed by atoms with Gasteiger partial charge in [-0.2, -0.15) is 0 Å². The Labute approximate surface area is 291 Å². The molecule has 47 heavy (non-hydrogen) atoms. The Hall–Kier alpha value is -3.56. The first kappa shape index (κ1) is 34.8. The minimum Gasteiger partial charge on any atom is -0.352 e. The van der Waals surface area contributed by atoms with Crippen LogP contribution in [0.4, 0.5) is 5.69 Å². The molecule has 0 unspecified atom stereocenters. The molecule has 1 aliphatic rings. The molecule has 11 heteroatoms. The number of sulfonamides is 1. The number of nitrogens with one attached hydrogen (secondary N) is 1. The Kier molecular flexibility index (Phi) is 11.9. The van der Waals surface area contributed by atoms with Gasteiger partial charge in [0.25, 0.3) is 10.0 Å². The minimum absolute atomic E-state index is 0.00448. The molecular formula is C36H36Cl3N3O4S. The van der Waals surface area contributed by atoms with E-state index in [1.54, 1.807) is 42.5 Å². The van der Waals surface area contributed by atoms with Crippen LogP contribution in [0.15, 0.2) is 108 Å². The van der Waals surface area contributed by atoms with Crippen LogP contribution in [-0.2, 0) is 32.6 Å². The number of rotatable bonds is 12. The van der Waals surface area contributed by atoms with E-state index in [1.165, 1.54) is 35.2 Å². The summed E-state index contributed by atoms with van der Waals surface area (Å²) in [7, 11) is -4.28. The second kappa shape index (κ2) is 16.0. The van der Waals surface area contributed by atoms with Crippen LogP contribution in [0.1, 0.15) is 43.2 Å². The highest BCUT2D eigenvalue weighted by Crippen LogP contribution is 2.33. The van der Waals surface area contributed by atoms with Crippen molar-refractivity contribution in [1.29, 1.82) is 0 Å². The Bertz CT molecular complexity index is 1770. The van der Waals surface area contributed by atoms with Crippen LogP contribution < -0.4 is 9.62 Å². The fourth-order valence-electron chi connectivity index (χ4n) is 5.80. The molecule has 0 aliphatic heterocycles. The van der Waals surface area contributed by atoms with Gasteiger partial charge in [0.2, 0.25) is 11.8 Å². The maximum atomic E-state index is 14.6. The van der Waals surface area contributed by atoms with E-state index < -0.39 is 28.5 Å². The lowest BCUT2D eigenvalue weighted by molar-refractivity contribution is -0.140. The van der Waals surface area contributed by atoms with Crippen molar-refractivity contribution in [2.75, 3.05) is 10.8 Å². The van der Waals surface area contributed by atoms with E-state index in [0.29, 0.717) is 10.0 Å². The highest BCUT2D eigenvalue weighted by Gasteiger charge is 2.36. The van der Waals surface area contributed by atoms with E-state index in [0.717, 1.165) is 47.5 Å². The molecule has 4 aromatic carbocycles. The van der Waals surface area contributed by atoms with Gasteiger partial charge in [-0.05, 0) is 66.4 Å². The molecule has 1 saturated carbocycles. The molecule has 1 aliphatic carbocycles. The third kappa shape index (κ3) is 9.08. The van der Waals surface area contributed by atoms with Gasteiger partial charge in [-0.25, -0.2) is 8.42 Å². The van der Waals surface area contributed by atoms with Crippen LogP contribution >= 0.6 is 34.8 Å². The molecule has 246 valence electrons. The summed E-state index contributed by atoms with van der Waals surface area (Å²) in [4.78, 5) is 30.3. The Balaban J connectivity index is 1.57. The van der Waals surface area contributed by atoms with Gasteiger partial charge >= 0.3 is 0 Å². The molecule has 1 atom stereocenters. The first-order chi connectivity index (χ1) is 22.6. The predicted octanol–water partition coefficient (Wildman–Crippen LogP) is 7.93. The van der Waals surface area contributed by atoms with E-state index in [2.05, 4.69) is 5.32 Å². The van der Waals surface area contributed by atoms with Crippen LogP contribution in [0, 0.1) is 0 Å². The van der Waals surface area contributed by atoms with Gasteiger partial charge in [0.05, 0.1) is 15.6 Å². The van der Waals surface area contributed by atoms with Crippen LogP contribution in [0.3, 0.4) is 0 Å². The molecular weight excluding hydrogens is 677 g/mol. The Morgan fingerprint density at radius 3 is 2.02 bits per heavy atom. The molecule has 7 nitrogen and oxygen atoms in total. The quantitative estimate of drug-likeness (QED) is 0.162. The second-order valence-corrected chi connectivity index (χ2v) is 14.8. The molecule has 0 radical (unpaired) electrons. The SMILES string of the molecule is O=C(NC1CCCCC1)[C@H](Cc1ccccc1)N(Cc1ccc(Cl)cc1)C(=O)CN(c1ccc(Cl)cc1Cl)S(=O)(=O)c1ccccc1. The topological polar surface area (TPSA) is 86.8 Å². The Morgan fingerprint density at radius 2 is 1.38 bits per heavy atom. The molecule has 0 heterocycles. The summed E-state index contributed by atoms with van der Waals surface area (Å²) in [5.41, 5.74) is 1.68. The number of amides is 2. The van der Waals surface area contributed by atoms with Crippen molar-refractivity contribution in [3.8, 4) is 0 Å². The number of benzene rings is 4. The van der Waals surface area contributed by atoms with Crippen LogP contribution in [0.5, 0.6) is 0 Å². The molecule has 1 N–H and O–H groups in total. The van der Waals surface area contributed by atoms with E-state index in [-0.39, 0.29) is 40.5 Å². The molecule has 0 saturated heterocycles. The lowest BCUT2D eigenvalue weighted by Gasteiger charge is -2.35. The smallest absolute Gasteiger partial charge is 0.264 e. The normalized spacial score (nSPS) is 14.3. The number of halogens is 3. The zero-order valence-corrected chi connectivity index (χ0v) is 28.8. The van der Waals surface area contributed by atoms with Crippen molar-refractivity contribution in [2.45, 2.75) is 62.0 Å². The molecule has 2 amide bonds. The summed E-state index contributed by atoms with van der Waals surface area (Å²) in [6, 6.07) is 27.8. The molecule has 5 rings (SSSR count). The maximum absolute atomic E-state index is 14.6. The van der Waals surface area contributed by atoms with Crippen LogP contribution in [0.2, 0.25) is 15.1 Å². The minimum atomic E-state index is -4.28. The summed E-state index contributed by atoms with van der Waals surface area (Å²) in [6.45, 7) is -0.576. The molecule has 0 spiro atoms. The molecule has 1 fully saturated rings. The predicted molar refractivity (Wildman–Crippen MR) is 188 cm³/mol. The van der Waals surface area contributed by atoms with Gasteiger partial charge in [-0.15, -0.1) is 0 Å². The average molecular weight is 713 g/mol. The van der Waals surface area contributed by atoms with E-state index in [9.17, 15) is 18.0 Å². The summed E-state index contributed by atoms with van der Waals surface area (Å²) >= 11 is 18.9. The second-order valence-electron chi connectivity index (χ2n) is 11.6. The first-order valence-corrected chi connectivity index (χ1v) is 18.1. The third-order valence-corrected chi connectivity index (χ3v) is 10.8. The summed E-state index contributed by atoms with van der Waals surface area (Å²) in [6.07, 6.45) is 5.14. The van der Waals surface area contributed by atoms with Gasteiger partial charge in [-0.3, -0.25) is 13.9 Å². The maximum Gasteiger partial charge on any atom is 0.264 e. The van der Waals surface area contributed by atoms with Crippen LogP contribution in [0.25, 0.3) is 0 Å². The van der Waals surface area contributed by atoms with E-state index in [4.69, 9.17) is 34.8 Å². The van der Waals surface area contributed by atoms with Gasteiger partial charge in [0.1, 0.15) is 12.6 Å². The summed E-state index contributed by atoms with van der Waals surface area (Å²) in [5.74, 6) is -0.866. The summed E-state index contributed by atoms with van der Waals surface area (Å²) < 4.78 is 29.3. The van der Waals surface area contributed by atoms with Crippen LogP contribution in [-0.4, -0.2) is 43.8 Å². The van der Waals surface area contributed by atoms with Crippen molar-refractivity contribution in [3.63, 3.8) is 0 Å². The highest BCUT2D eigenvalue weighted by atomic mass is 35.5. The lowest BCUT2D eigenvalue weighted by atomic mass is 9.94. The van der Waals surface area contributed by atoms with Crippen molar-refractivity contribution in [2.24, 2.45) is 0 Å². The largest absolute Gasteiger partial charge is 0.352 e. The zero-order chi connectivity index (χ0) is 33.4. The third-order valence-electron chi connectivity index (χ3n) is 8.28. The summed E-state index contributed by atoms with van der Waals surface area (Å²) in [5, 5.41) is 4.11. The van der Waals surface area contributed by atoms with Gasteiger partial charge in [-0.1, -0.05) is 115 Å². The highest BCUT2D eigenvalue weighted by molar-refractivity contribution is 7.92. The zero-order valence-electron chi connectivity index (χ0n) is 25.7. The molecule has 0 aromatic heterocycles. The van der Waals surface area contributed by atoms with Gasteiger partial charge in [0.15, 0.2) is 0 Å². The number of anilines is 1. The standard InChI is InChI=1S/C36H36Cl3N3O4S/c37-28-18-16-27(17-19-28)24-41(34(22-26-10-4-1-5-11-26)36(44)40-30-12-6-2-7-13-30)35(43)25-42(33-21-20-29(38)23-32(33)39)47(45,46)31-14-8-3-9-15-31/h1,3-5,8-11,14-21,23,30,34H,2,6-7,12-13,22,24-25H2,(H,40,44)/t34-/m0/s1. The van der Waals surface area contributed by atoms with Crippen molar-refractivity contribution in [3.05, 3.63) is 129 Å². The number of carbonyl (C=O) groups excluding carboxylic acids is 2. The number of hydrogen-bond acceptors (Lipinski definition) is 4. The number of nitrogens with zero attached hydrogens (tertiary/aromatic N) is 2. The lowest BCUT2D eigenvalue weighted by Crippen LogP contribution is -2.55. The fraction of sp³-hybridized carbons (Fsp3) is 0.278. The van der Waals surface area contributed by atoms with E-state index >= 15 is 0 Å². The fourth-order valence-corrected chi connectivity index (χ4v) is 7.94.